The molecule has 0 aliphatic rings. The molecule has 0 aliphatic carbocycles. The fourth-order valence-corrected chi connectivity index (χ4v) is 5.99. The molecule has 194 valence electrons. The van der Waals surface area contributed by atoms with Gasteiger partial charge in [-0.3, -0.25) is 0 Å². The van der Waals surface area contributed by atoms with Gasteiger partial charge >= 0.3 is 0 Å². The maximum atomic E-state index is 6.35. The molecule has 0 saturated carbocycles. The minimum atomic E-state index is -0.393. The van der Waals surface area contributed by atoms with Crippen LogP contribution in [0.15, 0.2) is 0 Å². The Kier molecular flexibility index (Phi) is 21.6. The first-order valence-corrected chi connectivity index (χ1v) is 15.9. The van der Waals surface area contributed by atoms with Crippen LogP contribution in [0.2, 0.25) is 6.04 Å². The van der Waals surface area contributed by atoms with Crippen molar-refractivity contribution in [1.29, 1.82) is 0 Å². The summed E-state index contributed by atoms with van der Waals surface area (Å²) >= 11 is 0. The second kappa shape index (κ2) is 21.6. The monoisotopic (exact) mass is 471 g/mol. The zero-order valence-corrected chi connectivity index (χ0v) is 24.8. The molecule has 0 rings (SSSR count). The van der Waals surface area contributed by atoms with Crippen LogP contribution in [0.1, 0.15) is 106 Å². The Morgan fingerprint density at radius 2 is 0.875 bits per heavy atom. The Morgan fingerprint density at radius 1 is 0.531 bits per heavy atom. The van der Waals surface area contributed by atoms with E-state index >= 15 is 0 Å². The normalized spacial score (nSPS) is 12.9. The fraction of sp³-hybridized carbons (Fsp3) is 1.00. The molecule has 0 saturated heterocycles. The predicted molar refractivity (Wildman–Crippen MR) is 148 cm³/mol. The zero-order chi connectivity index (χ0) is 24.1. The van der Waals surface area contributed by atoms with Gasteiger partial charge in [0.15, 0.2) is 9.76 Å². The second-order valence-corrected chi connectivity index (χ2v) is 11.3. The Labute approximate surface area is 205 Å². The average molecular weight is 472 g/mol. The SMILES string of the molecule is CCCN(CCC)CCCN(CCC[SiH2]OC(C)(CC)CC)CCCN(CCC)CCC. The topological polar surface area (TPSA) is 19.0 Å². The van der Waals surface area contributed by atoms with Crippen molar-refractivity contribution < 1.29 is 4.43 Å². The number of hydrogen-bond donors (Lipinski definition) is 0. The number of nitrogens with zero attached hydrogens (tertiary/aromatic N) is 3. The van der Waals surface area contributed by atoms with Gasteiger partial charge in [0.25, 0.3) is 0 Å². The molecule has 0 aromatic heterocycles. The molecule has 4 nitrogen and oxygen atoms in total. The lowest BCUT2D eigenvalue weighted by Gasteiger charge is -2.29. The average Bonchev–Trinajstić information content (AvgIpc) is 2.78. The van der Waals surface area contributed by atoms with E-state index in [2.05, 4.69) is 63.2 Å². The highest BCUT2D eigenvalue weighted by molar-refractivity contribution is 6.27. The minimum Gasteiger partial charge on any atom is -0.419 e. The van der Waals surface area contributed by atoms with Crippen molar-refractivity contribution in [2.45, 2.75) is 118 Å². The van der Waals surface area contributed by atoms with Gasteiger partial charge in [0, 0.05) is 0 Å². The first kappa shape index (κ1) is 32.1. The third-order valence-corrected chi connectivity index (χ3v) is 8.56. The van der Waals surface area contributed by atoms with Gasteiger partial charge in [0.2, 0.25) is 0 Å². The highest BCUT2D eigenvalue weighted by Crippen LogP contribution is 2.19. The molecule has 0 bridgehead atoms. The molecule has 0 N–H and O–H groups in total. The van der Waals surface area contributed by atoms with Gasteiger partial charge in [0.1, 0.15) is 0 Å². The lowest BCUT2D eigenvalue weighted by Crippen LogP contribution is -2.34. The maximum Gasteiger partial charge on any atom is 0.162 e. The van der Waals surface area contributed by atoms with E-state index in [-0.39, 0.29) is 5.60 Å². The summed E-state index contributed by atoms with van der Waals surface area (Å²) in [6.45, 7) is 27.4. The first-order valence-electron chi connectivity index (χ1n) is 14.3. The van der Waals surface area contributed by atoms with Gasteiger partial charge in [-0.15, -0.1) is 0 Å². The summed E-state index contributed by atoms with van der Waals surface area (Å²) in [5, 5.41) is 0. The summed E-state index contributed by atoms with van der Waals surface area (Å²) in [6.07, 6.45) is 11.3. The van der Waals surface area contributed by atoms with Gasteiger partial charge in [-0.25, -0.2) is 0 Å². The van der Waals surface area contributed by atoms with E-state index in [1.54, 1.807) is 0 Å². The Bertz CT molecular complexity index is 359. The zero-order valence-electron chi connectivity index (χ0n) is 23.4. The molecule has 0 aromatic rings. The molecular weight excluding hydrogens is 410 g/mol. The molecule has 0 amide bonds. The van der Waals surface area contributed by atoms with Gasteiger partial charge in [-0.2, -0.15) is 0 Å². The summed E-state index contributed by atoms with van der Waals surface area (Å²) in [5.74, 6) is 0. The lowest BCUT2D eigenvalue weighted by atomic mass is 10.0. The summed E-state index contributed by atoms with van der Waals surface area (Å²) < 4.78 is 6.35. The van der Waals surface area contributed by atoms with Gasteiger partial charge in [0.05, 0.1) is 5.60 Å². The maximum absolute atomic E-state index is 6.35. The standard InChI is InChI=1S/C27H61N3OSi/c1-8-17-28(18-9-2)21-14-23-30(24-15-22-29(19-10-3)20-11-4)25-16-26-32-31-27(7,12-5)13-6/h8-26,32H2,1-7H3. The molecule has 0 fully saturated rings. The molecule has 0 radical (unpaired) electrons. The molecule has 32 heavy (non-hydrogen) atoms. The van der Waals surface area contributed by atoms with Crippen molar-refractivity contribution >= 4 is 9.76 Å². The summed E-state index contributed by atoms with van der Waals surface area (Å²) in [7, 11) is -0.393. The van der Waals surface area contributed by atoms with E-state index in [9.17, 15) is 0 Å². The third-order valence-electron chi connectivity index (χ3n) is 6.87. The van der Waals surface area contributed by atoms with E-state index in [1.807, 2.05) is 0 Å². The minimum absolute atomic E-state index is 0.135. The van der Waals surface area contributed by atoms with Crippen LogP contribution in [0.5, 0.6) is 0 Å². The van der Waals surface area contributed by atoms with Crippen molar-refractivity contribution in [3.8, 4) is 0 Å². The molecule has 0 heterocycles. The van der Waals surface area contributed by atoms with E-state index in [4.69, 9.17) is 4.43 Å². The van der Waals surface area contributed by atoms with Crippen LogP contribution >= 0.6 is 0 Å². The van der Waals surface area contributed by atoms with Crippen LogP contribution in [0, 0.1) is 0 Å². The Balaban J connectivity index is 4.50. The van der Waals surface area contributed by atoms with Crippen molar-refractivity contribution in [2.24, 2.45) is 0 Å². The van der Waals surface area contributed by atoms with Crippen molar-refractivity contribution in [1.82, 2.24) is 14.7 Å². The lowest BCUT2D eigenvalue weighted by molar-refractivity contribution is 0.0848. The van der Waals surface area contributed by atoms with Crippen LogP contribution in [-0.2, 0) is 4.43 Å². The van der Waals surface area contributed by atoms with Crippen molar-refractivity contribution in [3.63, 3.8) is 0 Å². The van der Waals surface area contributed by atoms with Crippen LogP contribution < -0.4 is 0 Å². The van der Waals surface area contributed by atoms with E-state index in [1.165, 1.54) is 110 Å². The number of rotatable bonds is 24. The quantitative estimate of drug-likeness (QED) is 0.131. The predicted octanol–water partition coefficient (Wildman–Crippen LogP) is 5.80. The Morgan fingerprint density at radius 3 is 1.22 bits per heavy atom. The molecule has 0 aromatic carbocycles. The fourth-order valence-electron chi connectivity index (χ4n) is 4.52. The smallest absolute Gasteiger partial charge is 0.162 e. The van der Waals surface area contributed by atoms with E-state index < -0.39 is 9.76 Å². The highest BCUT2D eigenvalue weighted by Gasteiger charge is 2.19. The first-order chi connectivity index (χ1) is 15.5. The molecule has 0 aliphatic heterocycles. The number of hydrogen-bond acceptors (Lipinski definition) is 4. The molecule has 0 atom stereocenters. The van der Waals surface area contributed by atoms with Crippen molar-refractivity contribution in [2.75, 3.05) is 58.9 Å². The Hall–Kier alpha value is 0.0569. The molecule has 0 unspecified atom stereocenters. The molecule has 5 heteroatoms. The highest BCUT2D eigenvalue weighted by atomic mass is 28.2. The van der Waals surface area contributed by atoms with Crippen LogP contribution in [0.4, 0.5) is 0 Å². The largest absolute Gasteiger partial charge is 0.419 e. The van der Waals surface area contributed by atoms with E-state index in [0.29, 0.717) is 0 Å². The summed E-state index contributed by atoms with van der Waals surface area (Å²) in [4.78, 5) is 8.10. The summed E-state index contributed by atoms with van der Waals surface area (Å²) in [6, 6.07) is 1.32. The third kappa shape index (κ3) is 16.6. The van der Waals surface area contributed by atoms with Crippen LogP contribution in [-0.4, -0.2) is 89.0 Å². The van der Waals surface area contributed by atoms with Gasteiger partial charge in [-0.05, 0) is 130 Å². The van der Waals surface area contributed by atoms with Crippen LogP contribution in [0.3, 0.4) is 0 Å². The van der Waals surface area contributed by atoms with Gasteiger partial charge in [-0.1, -0.05) is 41.5 Å². The van der Waals surface area contributed by atoms with Gasteiger partial charge < -0.3 is 19.1 Å². The van der Waals surface area contributed by atoms with Crippen molar-refractivity contribution in [3.05, 3.63) is 0 Å². The van der Waals surface area contributed by atoms with Crippen LogP contribution in [0.25, 0.3) is 0 Å². The molecule has 0 spiro atoms. The second-order valence-electron chi connectivity index (χ2n) is 9.94. The van der Waals surface area contributed by atoms with E-state index in [0.717, 1.165) is 12.8 Å². The molecular formula is C27H61N3OSi. The summed E-state index contributed by atoms with van der Waals surface area (Å²) in [5.41, 5.74) is 0.135.